The largest absolute Gasteiger partial charge is 0.472 e. The predicted octanol–water partition coefficient (Wildman–Crippen LogP) is 12.8. The van der Waals surface area contributed by atoms with Gasteiger partial charge in [-0.05, 0) is 77.0 Å². The van der Waals surface area contributed by atoms with Gasteiger partial charge in [0, 0.05) is 13.0 Å². The Balaban J connectivity index is 2.31. The van der Waals surface area contributed by atoms with Crippen molar-refractivity contribution in [3.63, 3.8) is 0 Å². The van der Waals surface area contributed by atoms with Crippen LogP contribution in [0, 0.1) is 0 Å². The van der Waals surface area contributed by atoms with Crippen LogP contribution in [0.5, 0.6) is 0 Å². The highest BCUT2D eigenvalue weighted by Gasteiger charge is 2.51. The number of rotatable bonds is 47. The van der Waals surface area contributed by atoms with E-state index in [4.69, 9.17) is 18.5 Å². The van der Waals surface area contributed by atoms with E-state index in [1.807, 2.05) is 0 Å². The molecule has 68 heavy (non-hydrogen) atoms. The van der Waals surface area contributed by atoms with Gasteiger partial charge in [-0.1, -0.05) is 197 Å². The van der Waals surface area contributed by atoms with Crippen LogP contribution in [0.2, 0.25) is 0 Å². The van der Waals surface area contributed by atoms with E-state index in [0.717, 1.165) is 64.2 Å². The highest BCUT2D eigenvalue weighted by molar-refractivity contribution is 7.47. The Morgan fingerprint density at radius 2 is 0.824 bits per heavy atom. The van der Waals surface area contributed by atoms with Gasteiger partial charge in [-0.15, -0.1) is 0 Å². The number of carbonyl (C=O) groups excluding carboxylic acids is 1. The fourth-order valence-corrected chi connectivity index (χ4v) is 9.27. The van der Waals surface area contributed by atoms with Crippen molar-refractivity contribution in [2.24, 2.45) is 0 Å². The second-order valence-electron chi connectivity index (χ2n) is 19.1. The average molecular weight is 985 g/mol. The van der Waals surface area contributed by atoms with Crippen molar-refractivity contribution >= 4 is 13.8 Å². The molecule has 0 radical (unpaired) electrons. The van der Waals surface area contributed by atoms with E-state index in [9.17, 15) is 39.8 Å². The summed E-state index contributed by atoms with van der Waals surface area (Å²) in [6.07, 6.45) is 44.6. The lowest BCUT2D eigenvalue weighted by molar-refractivity contribution is -0.220. The van der Waals surface area contributed by atoms with Gasteiger partial charge in [-0.25, -0.2) is 4.57 Å². The SMILES string of the molecule is CCCCC/C=C\C/C=C\CCCCCCCCCCCC(=O)OC(COCCCCCCCCCCCC/C=C\C/C=C\CCCCCCC)COP(=O)(O)OC1C(O)C(O)C(O)C(O)C1O. The zero-order valence-corrected chi connectivity index (χ0v) is 43.8. The van der Waals surface area contributed by atoms with Gasteiger partial charge in [-0.2, -0.15) is 0 Å². The van der Waals surface area contributed by atoms with Crippen molar-refractivity contribution in [1.29, 1.82) is 0 Å². The number of carbonyl (C=O) groups is 1. The Morgan fingerprint density at radius 3 is 1.26 bits per heavy atom. The van der Waals surface area contributed by atoms with Crippen molar-refractivity contribution in [2.45, 2.75) is 275 Å². The van der Waals surface area contributed by atoms with Gasteiger partial charge in [-0.3, -0.25) is 13.8 Å². The van der Waals surface area contributed by atoms with E-state index >= 15 is 0 Å². The molecule has 0 aromatic rings. The minimum absolute atomic E-state index is 0.0804. The maximum absolute atomic E-state index is 12.9. The first kappa shape index (κ1) is 64.3. The summed E-state index contributed by atoms with van der Waals surface area (Å²) in [5.41, 5.74) is 0. The van der Waals surface area contributed by atoms with Crippen LogP contribution in [0.3, 0.4) is 0 Å². The molecule has 6 unspecified atom stereocenters. The molecule has 0 aromatic heterocycles. The van der Waals surface area contributed by atoms with E-state index in [1.54, 1.807) is 0 Å². The van der Waals surface area contributed by atoms with E-state index in [-0.39, 0.29) is 13.0 Å². The van der Waals surface area contributed by atoms with Gasteiger partial charge in [0.2, 0.25) is 0 Å². The predicted molar refractivity (Wildman–Crippen MR) is 276 cm³/mol. The van der Waals surface area contributed by atoms with E-state index in [1.165, 1.54) is 141 Å². The number of aliphatic hydroxyl groups excluding tert-OH is 5. The normalized spacial score (nSPS) is 21.5. The summed E-state index contributed by atoms with van der Waals surface area (Å²) in [5, 5.41) is 50.4. The molecule has 398 valence electrons. The second kappa shape index (κ2) is 45.2. The van der Waals surface area contributed by atoms with Crippen molar-refractivity contribution in [3.8, 4) is 0 Å². The average Bonchev–Trinajstić information content (AvgIpc) is 3.32. The topological polar surface area (TPSA) is 192 Å². The molecule has 6 N–H and O–H groups in total. The molecule has 6 atom stereocenters. The van der Waals surface area contributed by atoms with Crippen LogP contribution < -0.4 is 0 Å². The molecule has 12 nitrogen and oxygen atoms in total. The first-order chi connectivity index (χ1) is 33.0. The van der Waals surface area contributed by atoms with Crippen LogP contribution >= 0.6 is 7.82 Å². The Labute approximate surface area is 414 Å². The summed E-state index contributed by atoms with van der Waals surface area (Å²) in [4.78, 5) is 23.3. The van der Waals surface area contributed by atoms with E-state index < -0.39 is 63.1 Å². The molecule has 1 aliphatic rings. The summed E-state index contributed by atoms with van der Waals surface area (Å²) >= 11 is 0. The Kier molecular flexibility index (Phi) is 42.7. The zero-order valence-electron chi connectivity index (χ0n) is 42.9. The third-order valence-corrected chi connectivity index (χ3v) is 13.7. The Morgan fingerprint density at radius 1 is 0.471 bits per heavy atom. The van der Waals surface area contributed by atoms with Gasteiger partial charge in [0.1, 0.15) is 42.7 Å². The van der Waals surface area contributed by atoms with Crippen molar-refractivity contribution in [1.82, 2.24) is 0 Å². The van der Waals surface area contributed by atoms with Gasteiger partial charge in [0.25, 0.3) is 0 Å². The second-order valence-corrected chi connectivity index (χ2v) is 20.5. The Hall–Kier alpha value is -1.70. The molecule has 0 spiro atoms. The molecular weight excluding hydrogens is 884 g/mol. The number of hydrogen-bond donors (Lipinski definition) is 6. The molecule has 0 amide bonds. The van der Waals surface area contributed by atoms with Gasteiger partial charge in [0.15, 0.2) is 0 Å². The highest BCUT2D eigenvalue weighted by Crippen LogP contribution is 2.47. The monoisotopic (exact) mass is 985 g/mol. The first-order valence-corrected chi connectivity index (χ1v) is 29.0. The molecule has 1 fully saturated rings. The van der Waals surface area contributed by atoms with Gasteiger partial charge in [0.05, 0.1) is 13.2 Å². The number of unbranched alkanes of at least 4 members (excludes halogenated alkanes) is 27. The molecule has 0 aromatic carbocycles. The number of hydrogen-bond acceptors (Lipinski definition) is 11. The van der Waals surface area contributed by atoms with Crippen LogP contribution in [0.1, 0.15) is 232 Å². The fraction of sp³-hybridized carbons (Fsp3) is 0.836. The highest BCUT2D eigenvalue weighted by atomic mass is 31.2. The van der Waals surface area contributed by atoms with Crippen LogP contribution in [-0.4, -0.2) is 98.9 Å². The molecule has 0 bridgehead atoms. The fourth-order valence-electron chi connectivity index (χ4n) is 8.30. The molecule has 0 saturated heterocycles. The molecular formula is C55H101O12P. The van der Waals surface area contributed by atoms with Gasteiger partial charge >= 0.3 is 13.8 Å². The molecule has 13 heteroatoms. The minimum atomic E-state index is -5.03. The zero-order chi connectivity index (χ0) is 49.8. The summed E-state index contributed by atoms with van der Waals surface area (Å²) in [7, 11) is -5.03. The quantitative estimate of drug-likeness (QED) is 0.0147. The smallest absolute Gasteiger partial charge is 0.457 e. The summed E-state index contributed by atoms with van der Waals surface area (Å²) < 4.78 is 34.4. The van der Waals surface area contributed by atoms with E-state index in [2.05, 4.69) is 62.5 Å². The maximum atomic E-state index is 12.9. The molecule has 0 aliphatic heterocycles. The number of allylic oxidation sites excluding steroid dienone is 8. The van der Waals surface area contributed by atoms with Crippen LogP contribution in [-0.2, 0) is 27.9 Å². The Bertz CT molecular complexity index is 1310. The first-order valence-electron chi connectivity index (χ1n) is 27.5. The van der Waals surface area contributed by atoms with Crippen molar-refractivity contribution < 1.29 is 58.3 Å². The lowest BCUT2D eigenvalue weighted by Crippen LogP contribution is -2.64. The summed E-state index contributed by atoms with van der Waals surface area (Å²) in [6, 6.07) is 0. The van der Waals surface area contributed by atoms with Crippen molar-refractivity contribution in [2.75, 3.05) is 19.8 Å². The molecule has 1 aliphatic carbocycles. The van der Waals surface area contributed by atoms with Gasteiger partial charge < -0.3 is 39.9 Å². The van der Waals surface area contributed by atoms with Crippen LogP contribution in [0.4, 0.5) is 0 Å². The van der Waals surface area contributed by atoms with Crippen LogP contribution in [0.15, 0.2) is 48.6 Å². The van der Waals surface area contributed by atoms with E-state index in [0.29, 0.717) is 13.0 Å². The number of phosphoric ester groups is 1. The number of aliphatic hydroxyl groups is 5. The molecule has 1 rings (SSSR count). The number of esters is 1. The van der Waals surface area contributed by atoms with Crippen molar-refractivity contribution in [3.05, 3.63) is 48.6 Å². The lowest BCUT2D eigenvalue weighted by atomic mass is 9.85. The third kappa shape index (κ3) is 36.3. The minimum Gasteiger partial charge on any atom is -0.457 e. The van der Waals surface area contributed by atoms with Crippen LogP contribution in [0.25, 0.3) is 0 Å². The lowest BCUT2D eigenvalue weighted by Gasteiger charge is -2.41. The molecule has 1 saturated carbocycles. The molecule has 0 heterocycles. The summed E-state index contributed by atoms with van der Waals surface area (Å²) in [5.74, 6) is -0.481. The standard InChI is InChI=1S/C55H101O12P/c1-3-5-7-9-11-13-15-17-19-21-23-24-25-27-29-31-33-35-37-39-41-43-45-64-46-48(47-65-68(62,63)67-55-53(60)51(58)50(57)52(59)54(55)61)66-49(56)44-42-40-38-36-34-32-30-28-26-22-20-18-16-14-12-10-8-6-4-2/h12,14-15,17-18,20-21,23,48,50-55,57-61H,3-11,13,16,19,22,24-47H2,1-2H3,(H,62,63)/b14-12-,17-15-,20-18-,23-21-. The third-order valence-electron chi connectivity index (χ3n) is 12.7. The maximum Gasteiger partial charge on any atom is 0.472 e. The summed E-state index contributed by atoms with van der Waals surface area (Å²) in [6.45, 7) is 4.24. The number of phosphoric acid groups is 1. The number of ether oxygens (including phenoxy) is 2.